The summed E-state index contributed by atoms with van der Waals surface area (Å²) < 4.78 is 5.68. The third-order valence-electron chi connectivity index (χ3n) is 4.25. The van der Waals surface area contributed by atoms with Crippen LogP contribution in [0.2, 0.25) is 0 Å². The Morgan fingerprint density at radius 1 is 1.13 bits per heavy atom. The summed E-state index contributed by atoms with van der Waals surface area (Å²) in [4.78, 5) is 11.2. The molecule has 0 spiro atoms. The summed E-state index contributed by atoms with van der Waals surface area (Å²) in [6, 6.07) is -0.794. The van der Waals surface area contributed by atoms with E-state index in [0.717, 1.165) is 25.7 Å². The van der Waals surface area contributed by atoms with Crippen LogP contribution >= 0.6 is 0 Å². The Bertz CT molecular complexity index is 327. The molecule has 0 aromatic rings. The van der Waals surface area contributed by atoms with E-state index in [1.54, 1.807) is 6.92 Å². The molecule has 0 saturated heterocycles. The number of carbonyl (C=O) groups excluding carboxylic acids is 1. The molecule has 2 N–H and O–H groups in total. The molecule has 0 radical (unpaired) electrons. The molecule has 23 heavy (non-hydrogen) atoms. The van der Waals surface area contributed by atoms with Crippen molar-refractivity contribution in [1.29, 1.82) is 0 Å². The molecule has 0 amide bonds. The fraction of sp³-hybridized carbons (Fsp3) is 0.824. The molecular weight excluding hydrogens is 298 g/mol. The molecule has 0 bridgehead atoms. The molecule has 0 saturated carbocycles. The van der Waals surface area contributed by atoms with Gasteiger partial charge in [-0.25, -0.2) is 0 Å². The molecule has 6 nitrogen and oxygen atoms in total. The van der Waals surface area contributed by atoms with Crippen LogP contribution in [0.25, 0.3) is 0 Å². The highest BCUT2D eigenvalue weighted by Gasteiger charge is 2.33. The Morgan fingerprint density at radius 2 is 1.78 bits per heavy atom. The first-order valence-corrected chi connectivity index (χ1v) is 8.55. The summed E-state index contributed by atoms with van der Waals surface area (Å²) in [5.74, 6) is -1.17. The van der Waals surface area contributed by atoms with Gasteiger partial charge in [-0.3, -0.25) is 0 Å². The number of allylic oxidation sites excluding steroid dienone is 2. The monoisotopic (exact) mass is 331 g/mol. The number of nitrogens with zero attached hydrogens (tertiary/aromatic N) is 1. The maximum Gasteiger partial charge on any atom is 0.126 e. The van der Waals surface area contributed by atoms with Gasteiger partial charge in [-0.15, -0.1) is 0 Å². The summed E-state index contributed by atoms with van der Waals surface area (Å²) in [6.07, 6.45) is 8.46. The fourth-order valence-corrected chi connectivity index (χ4v) is 2.64. The Balaban J connectivity index is 4.23. The molecule has 0 aliphatic carbocycles. The van der Waals surface area contributed by atoms with E-state index in [2.05, 4.69) is 19.1 Å². The molecule has 0 aliphatic rings. The van der Waals surface area contributed by atoms with Crippen molar-refractivity contribution in [1.82, 2.24) is 0 Å². The van der Waals surface area contributed by atoms with Crippen molar-refractivity contribution in [2.45, 2.75) is 45.6 Å². The van der Waals surface area contributed by atoms with Crippen LogP contribution in [0.3, 0.4) is 0 Å². The van der Waals surface area contributed by atoms with Gasteiger partial charge in [0.15, 0.2) is 0 Å². The number of quaternary nitrogens is 1. The first kappa shape index (κ1) is 22.1. The van der Waals surface area contributed by atoms with Crippen molar-refractivity contribution in [3.8, 4) is 0 Å². The highest BCUT2D eigenvalue weighted by atomic mass is 16.5. The van der Waals surface area contributed by atoms with Crippen LogP contribution < -0.4 is 5.11 Å². The normalized spacial score (nSPS) is 13.6. The van der Waals surface area contributed by atoms with Crippen molar-refractivity contribution >= 4 is 5.97 Å². The average Bonchev–Trinajstić information content (AvgIpc) is 2.52. The summed E-state index contributed by atoms with van der Waals surface area (Å²) in [5.41, 5.74) is 0. The minimum atomic E-state index is -1.17. The van der Waals surface area contributed by atoms with Gasteiger partial charge in [-0.2, -0.15) is 0 Å². The zero-order chi connectivity index (χ0) is 17.6. The van der Waals surface area contributed by atoms with E-state index in [9.17, 15) is 20.1 Å². The minimum absolute atomic E-state index is 0.0779. The van der Waals surface area contributed by atoms with Crippen LogP contribution in [0.15, 0.2) is 12.2 Å². The van der Waals surface area contributed by atoms with Crippen LogP contribution in [0.4, 0.5) is 0 Å². The van der Waals surface area contributed by atoms with Gasteiger partial charge in [0.1, 0.15) is 25.7 Å². The van der Waals surface area contributed by atoms with Crippen molar-refractivity contribution in [3.05, 3.63) is 12.2 Å². The molecule has 1 atom stereocenters. The lowest BCUT2D eigenvalue weighted by molar-refractivity contribution is -0.944. The number of hydrogen-bond donors (Lipinski definition) is 2. The van der Waals surface area contributed by atoms with Crippen molar-refractivity contribution < 1.29 is 29.3 Å². The van der Waals surface area contributed by atoms with Crippen LogP contribution in [-0.2, 0) is 9.53 Å². The number of carboxylic acid groups (broad SMARTS) is 1. The van der Waals surface area contributed by atoms with Crippen molar-refractivity contribution in [2.24, 2.45) is 0 Å². The Kier molecular flexibility index (Phi) is 12.9. The van der Waals surface area contributed by atoms with Crippen LogP contribution in [-0.4, -0.2) is 72.8 Å². The van der Waals surface area contributed by atoms with Crippen LogP contribution in [0.1, 0.15) is 39.5 Å². The molecular formula is C17H33NO5. The van der Waals surface area contributed by atoms with Gasteiger partial charge in [0.2, 0.25) is 0 Å². The first-order chi connectivity index (χ1) is 11.0. The van der Waals surface area contributed by atoms with E-state index < -0.39 is 12.0 Å². The largest absolute Gasteiger partial charge is 0.544 e. The molecule has 6 heteroatoms. The fourth-order valence-electron chi connectivity index (χ4n) is 2.64. The van der Waals surface area contributed by atoms with E-state index in [4.69, 9.17) is 4.74 Å². The number of hydrogen-bond acceptors (Lipinski definition) is 5. The second kappa shape index (κ2) is 13.5. The standard InChI is InChI=1S/C17H33NO5/c1-3-4-5-6-7-8-14-23-15-11-18(9-12-19,10-13-20)16(2)17(21)22/h4-5,16,19-20H,3,6-15H2,1-2H3/b5-4+. The van der Waals surface area contributed by atoms with E-state index in [1.165, 1.54) is 0 Å². The quantitative estimate of drug-likeness (QED) is 0.252. The third kappa shape index (κ3) is 9.05. The summed E-state index contributed by atoms with van der Waals surface area (Å²) in [5, 5.41) is 29.7. The number of carbonyl (C=O) groups is 1. The maximum atomic E-state index is 11.2. The Labute approximate surface area is 140 Å². The molecule has 0 heterocycles. The molecule has 0 aliphatic heterocycles. The molecule has 136 valence electrons. The predicted octanol–water partition coefficient (Wildman–Crippen LogP) is 0.0793. The zero-order valence-corrected chi connectivity index (χ0v) is 14.6. The predicted molar refractivity (Wildman–Crippen MR) is 87.6 cm³/mol. The van der Waals surface area contributed by atoms with Crippen molar-refractivity contribution in [2.75, 3.05) is 46.1 Å². The minimum Gasteiger partial charge on any atom is -0.544 e. The maximum absolute atomic E-state index is 11.2. The summed E-state index contributed by atoms with van der Waals surface area (Å²) in [7, 11) is 0. The van der Waals surface area contributed by atoms with Gasteiger partial charge in [-0.1, -0.05) is 19.1 Å². The summed E-state index contributed by atoms with van der Waals surface area (Å²) in [6.45, 7) is 5.40. The number of aliphatic hydroxyl groups is 2. The second-order valence-corrected chi connectivity index (χ2v) is 5.82. The Hall–Kier alpha value is -0.950. The van der Waals surface area contributed by atoms with Gasteiger partial charge in [0.25, 0.3) is 0 Å². The number of aliphatic hydroxyl groups excluding tert-OH is 2. The second-order valence-electron chi connectivity index (χ2n) is 5.82. The number of ether oxygens (including phenoxy) is 1. The lowest BCUT2D eigenvalue weighted by Crippen LogP contribution is -2.63. The lowest BCUT2D eigenvalue weighted by Gasteiger charge is -2.43. The number of unbranched alkanes of at least 4 members (excludes halogenated alkanes) is 2. The van der Waals surface area contributed by atoms with E-state index in [0.29, 0.717) is 19.8 Å². The van der Waals surface area contributed by atoms with Gasteiger partial charge >= 0.3 is 0 Å². The molecule has 1 unspecified atom stereocenters. The highest BCUT2D eigenvalue weighted by molar-refractivity contribution is 5.69. The van der Waals surface area contributed by atoms with Gasteiger partial charge in [-0.05, 0) is 32.6 Å². The van der Waals surface area contributed by atoms with E-state index in [-0.39, 0.29) is 30.8 Å². The lowest BCUT2D eigenvalue weighted by atomic mass is 10.2. The molecule has 0 aromatic carbocycles. The molecule has 0 rings (SSSR count). The van der Waals surface area contributed by atoms with Crippen LogP contribution in [0, 0.1) is 0 Å². The summed E-state index contributed by atoms with van der Waals surface area (Å²) >= 11 is 0. The van der Waals surface area contributed by atoms with Gasteiger partial charge < -0.3 is 29.3 Å². The Morgan fingerprint density at radius 3 is 2.30 bits per heavy atom. The topological polar surface area (TPSA) is 89.8 Å². The first-order valence-electron chi connectivity index (χ1n) is 8.55. The number of aliphatic carboxylic acids is 1. The van der Waals surface area contributed by atoms with Crippen molar-refractivity contribution in [3.63, 3.8) is 0 Å². The molecule has 0 fully saturated rings. The van der Waals surface area contributed by atoms with Gasteiger partial charge in [0, 0.05) is 6.61 Å². The number of rotatable bonds is 15. The average molecular weight is 331 g/mol. The SMILES string of the molecule is CC/C=C/CCCCOCC[N+](CCO)(CCO)C(C)C(=O)[O-]. The smallest absolute Gasteiger partial charge is 0.126 e. The third-order valence-corrected chi connectivity index (χ3v) is 4.25. The van der Waals surface area contributed by atoms with Gasteiger partial charge in [0.05, 0.1) is 25.8 Å². The van der Waals surface area contributed by atoms with Crippen LogP contribution in [0.5, 0.6) is 0 Å². The van der Waals surface area contributed by atoms with E-state index in [1.807, 2.05) is 0 Å². The van der Waals surface area contributed by atoms with E-state index >= 15 is 0 Å². The molecule has 0 aromatic heterocycles. The zero-order valence-electron chi connectivity index (χ0n) is 14.6. The highest BCUT2D eigenvalue weighted by Crippen LogP contribution is 2.13. The number of carboxylic acids is 1.